The maximum Gasteiger partial charge on any atom is 0.251 e. The van der Waals surface area contributed by atoms with Gasteiger partial charge in [0.25, 0.3) is 5.91 Å². The Morgan fingerprint density at radius 3 is 2.73 bits per heavy atom. The molecule has 2 aromatic carbocycles. The van der Waals surface area contributed by atoms with E-state index in [1.165, 1.54) is 29.8 Å². The Hall–Kier alpha value is -3.85. The lowest BCUT2D eigenvalue weighted by molar-refractivity contribution is -0.107. The highest BCUT2D eigenvalue weighted by molar-refractivity contribution is 7.17. The number of nitrogens with one attached hydrogen (secondary N) is 1. The van der Waals surface area contributed by atoms with Gasteiger partial charge in [-0.05, 0) is 35.9 Å². The molecule has 2 aromatic heterocycles. The number of rotatable bonds is 10. The number of fused-ring (bicyclic) bond motifs is 1. The van der Waals surface area contributed by atoms with Crippen LogP contribution in [0.5, 0.6) is 11.6 Å². The van der Waals surface area contributed by atoms with Gasteiger partial charge in [0.2, 0.25) is 5.88 Å². The third-order valence-corrected chi connectivity index (χ3v) is 5.62. The van der Waals surface area contributed by atoms with Gasteiger partial charge in [-0.15, -0.1) is 11.3 Å². The molecule has 0 radical (unpaired) electrons. The first-order valence-electron chi connectivity index (χ1n) is 10.2. The number of ether oxygens (including phenoxy) is 2. The predicted octanol–water partition coefficient (Wildman–Crippen LogP) is 4.27. The van der Waals surface area contributed by atoms with Crippen LogP contribution in [0.25, 0.3) is 21.3 Å². The molecule has 0 aliphatic carbocycles. The number of hydrogen-bond donors (Lipinski definition) is 1. The van der Waals surface area contributed by atoms with Gasteiger partial charge in [0.15, 0.2) is 0 Å². The van der Waals surface area contributed by atoms with Gasteiger partial charge in [-0.3, -0.25) is 4.79 Å². The Balaban J connectivity index is 1.35. The van der Waals surface area contributed by atoms with Crippen molar-refractivity contribution in [3.05, 3.63) is 71.6 Å². The average Bonchev–Trinajstić information content (AvgIpc) is 3.28. The number of carbonyl (C=O) groups excluding carboxylic acids is 2. The van der Waals surface area contributed by atoms with E-state index in [9.17, 15) is 14.0 Å². The number of amides is 1. The fraction of sp³-hybridized carbons (Fsp3) is 0.167. The van der Waals surface area contributed by atoms with Crippen LogP contribution in [-0.4, -0.2) is 41.9 Å². The first kappa shape index (κ1) is 22.3. The normalized spacial score (nSPS) is 10.7. The summed E-state index contributed by atoms with van der Waals surface area (Å²) < 4.78 is 24.9. The van der Waals surface area contributed by atoms with Crippen LogP contribution in [0.4, 0.5) is 4.39 Å². The van der Waals surface area contributed by atoms with Crippen molar-refractivity contribution in [2.75, 3.05) is 19.8 Å². The summed E-state index contributed by atoms with van der Waals surface area (Å²) >= 11 is 1.48. The largest absolute Gasteiger partial charge is 0.493 e. The minimum absolute atomic E-state index is 0.0371. The molecule has 7 nitrogen and oxygen atoms in total. The monoisotopic (exact) mass is 465 g/mol. The van der Waals surface area contributed by atoms with Crippen molar-refractivity contribution >= 4 is 33.7 Å². The fourth-order valence-corrected chi connectivity index (χ4v) is 4.09. The zero-order valence-electron chi connectivity index (χ0n) is 17.5. The number of thiophene rings is 1. The van der Waals surface area contributed by atoms with Crippen LogP contribution in [0.15, 0.2) is 60.2 Å². The van der Waals surface area contributed by atoms with Crippen LogP contribution < -0.4 is 14.8 Å². The van der Waals surface area contributed by atoms with Gasteiger partial charge in [0.1, 0.15) is 29.0 Å². The number of hydrogen-bond acceptors (Lipinski definition) is 7. The van der Waals surface area contributed by atoms with Crippen LogP contribution in [0, 0.1) is 5.82 Å². The topological polar surface area (TPSA) is 90.4 Å². The number of aldehydes is 1. The summed E-state index contributed by atoms with van der Waals surface area (Å²) in [6.45, 7) is 0.705. The molecule has 0 unspecified atom stereocenters. The Morgan fingerprint density at radius 1 is 1.09 bits per heavy atom. The molecule has 1 amide bonds. The molecule has 0 saturated heterocycles. The summed E-state index contributed by atoms with van der Waals surface area (Å²) in [4.78, 5) is 31.7. The summed E-state index contributed by atoms with van der Waals surface area (Å²) in [5, 5.41) is 5.24. The minimum atomic E-state index is -0.337. The molecule has 9 heteroatoms. The molecule has 4 aromatic rings. The smallest absolute Gasteiger partial charge is 0.251 e. The zero-order valence-corrected chi connectivity index (χ0v) is 18.3. The molecular weight excluding hydrogens is 445 g/mol. The van der Waals surface area contributed by atoms with E-state index in [1.54, 1.807) is 36.4 Å². The van der Waals surface area contributed by atoms with Crippen LogP contribution in [0.3, 0.4) is 0 Å². The molecule has 168 valence electrons. The van der Waals surface area contributed by atoms with E-state index in [1.807, 2.05) is 5.38 Å². The first-order chi connectivity index (χ1) is 16.2. The summed E-state index contributed by atoms with van der Waals surface area (Å²) in [7, 11) is 0. The maximum absolute atomic E-state index is 13.3. The second-order valence-corrected chi connectivity index (χ2v) is 7.83. The number of halogens is 1. The van der Waals surface area contributed by atoms with E-state index in [4.69, 9.17) is 9.47 Å². The highest BCUT2D eigenvalue weighted by Crippen LogP contribution is 2.37. The van der Waals surface area contributed by atoms with E-state index in [-0.39, 0.29) is 18.3 Å². The minimum Gasteiger partial charge on any atom is -0.493 e. The number of benzene rings is 2. The highest BCUT2D eigenvalue weighted by atomic mass is 32.1. The van der Waals surface area contributed by atoms with Gasteiger partial charge in [-0.1, -0.05) is 18.2 Å². The Morgan fingerprint density at radius 2 is 1.91 bits per heavy atom. The van der Waals surface area contributed by atoms with Crippen LogP contribution in [0.1, 0.15) is 16.8 Å². The summed E-state index contributed by atoms with van der Waals surface area (Å²) in [5.74, 6) is 0.388. The summed E-state index contributed by atoms with van der Waals surface area (Å²) in [5.41, 5.74) is 2.17. The van der Waals surface area contributed by atoms with Crippen molar-refractivity contribution in [3.8, 4) is 22.8 Å². The molecule has 2 heterocycles. The summed E-state index contributed by atoms with van der Waals surface area (Å²) in [6, 6.07) is 13.0. The van der Waals surface area contributed by atoms with Gasteiger partial charge >= 0.3 is 0 Å². The van der Waals surface area contributed by atoms with Crippen LogP contribution in [-0.2, 0) is 4.79 Å². The standard InChI is InChI=1S/C24H20FN3O4S/c25-18-7-5-16(6-8-18)20-14-33-24-21(20)23(27-15-28-24)32-12-2-11-31-19-4-1-3-17(13-19)22(30)26-9-10-29/h1,3-8,10,13-15H,2,9,11-12H2,(H,26,30). The second-order valence-electron chi connectivity index (χ2n) is 6.97. The molecule has 0 spiro atoms. The number of aromatic nitrogens is 2. The summed E-state index contributed by atoms with van der Waals surface area (Å²) in [6.07, 6.45) is 2.67. The quantitative estimate of drug-likeness (QED) is 0.278. The lowest BCUT2D eigenvalue weighted by atomic mass is 10.1. The molecule has 33 heavy (non-hydrogen) atoms. The Labute approximate surface area is 193 Å². The fourth-order valence-electron chi connectivity index (χ4n) is 3.18. The van der Waals surface area contributed by atoms with Gasteiger partial charge in [-0.2, -0.15) is 0 Å². The van der Waals surface area contributed by atoms with Crippen molar-refractivity contribution < 1.29 is 23.5 Å². The molecule has 0 bridgehead atoms. The average molecular weight is 466 g/mol. The van der Waals surface area contributed by atoms with E-state index < -0.39 is 0 Å². The SMILES string of the molecule is O=CCNC(=O)c1cccc(OCCCOc2ncnc3scc(-c4ccc(F)cc4)c23)c1. The third kappa shape index (κ3) is 5.50. The maximum atomic E-state index is 13.3. The lowest BCUT2D eigenvalue weighted by Crippen LogP contribution is -2.25. The number of nitrogens with zero attached hydrogens (tertiary/aromatic N) is 2. The molecule has 0 aliphatic rings. The van der Waals surface area contributed by atoms with Crippen molar-refractivity contribution in [1.82, 2.24) is 15.3 Å². The zero-order chi connectivity index (χ0) is 23.0. The molecular formula is C24H20FN3O4S. The molecule has 0 fully saturated rings. The molecule has 0 saturated carbocycles. The van der Waals surface area contributed by atoms with Crippen LogP contribution >= 0.6 is 11.3 Å². The van der Waals surface area contributed by atoms with Crippen LogP contribution in [0.2, 0.25) is 0 Å². The van der Waals surface area contributed by atoms with Gasteiger partial charge < -0.3 is 19.6 Å². The predicted molar refractivity (Wildman–Crippen MR) is 123 cm³/mol. The molecule has 1 N–H and O–H groups in total. The van der Waals surface area contributed by atoms with Crippen molar-refractivity contribution in [2.24, 2.45) is 0 Å². The number of carbonyl (C=O) groups is 2. The molecule has 0 aliphatic heterocycles. The van der Waals surface area contributed by atoms with Gasteiger partial charge in [0, 0.05) is 22.9 Å². The van der Waals surface area contributed by atoms with Crippen molar-refractivity contribution in [2.45, 2.75) is 6.42 Å². The van der Waals surface area contributed by atoms with Gasteiger partial charge in [-0.25, -0.2) is 14.4 Å². The lowest BCUT2D eigenvalue weighted by Gasteiger charge is -2.10. The second kappa shape index (κ2) is 10.6. The van der Waals surface area contributed by atoms with Crippen molar-refractivity contribution in [1.29, 1.82) is 0 Å². The van der Waals surface area contributed by atoms with E-state index in [2.05, 4.69) is 15.3 Å². The Bertz CT molecular complexity index is 1260. The van der Waals surface area contributed by atoms with E-state index in [0.717, 1.165) is 21.3 Å². The first-order valence-corrected chi connectivity index (χ1v) is 11.1. The highest BCUT2D eigenvalue weighted by Gasteiger charge is 2.14. The Kier molecular flexibility index (Phi) is 7.21. The van der Waals surface area contributed by atoms with Gasteiger partial charge in [0.05, 0.1) is 25.1 Å². The molecule has 4 rings (SSSR count). The van der Waals surface area contributed by atoms with E-state index in [0.29, 0.717) is 43.1 Å². The van der Waals surface area contributed by atoms with E-state index >= 15 is 0 Å². The molecule has 0 atom stereocenters. The third-order valence-electron chi connectivity index (χ3n) is 4.73. The van der Waals surface area contributed by atoms with Crippen molar-refractivity contribution in [3.63, 3.8) is 0 Å².